The van der Waals surface area contributed by atoms with Crippen molar-refractivity contribution >= 4 is 8.78 Å². The Hall–Kier alpha value is -0.877. The van der Waals surface area contributed by atoms with Gasteiger partial charge in [0.05, 0.1) is 0 Å². The first-order chi connectivity index (χ1) is 19.4. The Kier molecular flexibility index (Phi) is 11.8. The molecule has 2 fully saturated rings. The molecule has 0 nitrogen and oxygen atoms in total. The number of halogens is 2. The van der Waals surface area contributed by atoms with E-state index in [9.17, 15) is 0 Å². The zero-order valence-corrected chi connectivity index (χ0v) is 31.9. The van der Waals surface area contributed by atoms with Gasteiger partial charge < -0.3 is 24.8 Å². The van der Waals surface area contributed by atoms with Crippen LogP contribution < -0.4 is 24.8 Å². The molecule has 0 radical (unpaired) electrons. The maximum absolute atomic E-state index is 2.99. The Morgan fingerprint density at radius 3 is 2.12 bits per heavy atom. The van der Waals surface area contributed by atoms with E-state index in [1.54, 1.807) is 55.7 Å². The van der Waals surface area contributed by atoms with Gasteiger partial charge in [0.15, 0.2) is 0 Å². The minimum absolute atomic E-state index is 0. The number of benzene rings is 1. The molecular weight excluding hydrogens is 643 g/mol. The fraction of sp³-hybridized carbons (Fsp3) is 0.550. The molecule has 43 heavy (non-hydrogen) atoms. The van der Waals surface area contributed by atoms with E-state index in [1.165, 1.54) is 56.1 Å². The van der Waals surface area contributed by atoms with Crippen LogP contribution in [0.5, 0.6) is 0 Å². The van der Waals surface area contributed by atoms with Gasteiger partial charge in [-0.3, -0.25) is 6.08 Å². The van der Waals surface area contributed by atoms with Crippen LogP contribution >= 0.6 is 0 Å². The Balaban J connectivity index is 0.000000302. The molecule has 232 valence electrons. The minimum atomic E-state index is 0. The first-order valence-electron chi connectivity index (χ1n) is 16.2. The van der Waals surface area contributed by atoms with Gasteiger partial charge in [-0.2, -0.15) is 17.2 Å². The van der Waals surface area contributed by atoms with E-state index in [1.807, 2.05) is 12.2 Å². The van der Waals surface area contributed by atoms with Gasteiger partial charge in [0.1, 0.15) is 0 Å². The summed E-state index contributed by atoms with van der Waals surface area (Å²) < 4.78 is 1.80. The number of allylic oxidation sites excluding steroid dienone is 10. The van der Waals surface area contributed by atoms with Crippen LogP contribution in [0.1, 0.15) is 118 Å². The van der Waals surface area contributed by atoms with E-state index in [-0.39, 0.29) is 46.5 Å². The van der Waals surface area contributed by atoms with Crippen LogP contribution in [0.2, 0.25) is 0 Å². The van der Waals surface area contributed by atoms with Crippen molar-refractivity contribution in [2.24, 2.45) is 27.6 Å². The normalized spacial score (nSPS) is 28.2. The molecule has 7 rings (SSSR count). The fourth-order valence-electron chi connectivity index (χ4n) is 8.89. The summed E-state index contributed by atoms with van der Waals surface area (Å²) in [7, 11) is 0. The first kappa shape index (κ1) is 36.6. The number of hydrogen-bond donors (Lipinski definition) is 0. The summed E-state index contributed by atoms with van der Waals surface area (Å²) in [6.07, 6.45) is 25.8. The van der Waals surface area contributed by atoms with E-state index >= 15 is 0 Å². The second kappa shape index (κ2) is 13.9. The second-order valence-corrected chi connectivity index (χ2v) is 16.7. The van der Waals surface area contributed by atoms with Crippen molar-refractivity contribution in [1.29, 1.82) is 0 Å². The van der Waals surface area contributed by atoms with E-state index in [4.69, 9.17) is 0 Å². The van der Waals surface area contributed by atoms with Gasteiger partial charge in [0.25, 0.3) is 0 Å². The summed E-state index contributed by atoms with van der Waals surface area (Å²) in [4.78, 5) is 0. The number of hydrogen-bond acceptors (Lipinski definition) is 0. The maximum atomic E-state index is 2.99. The van der Waals surface area contributed by atoms with E-state index in [0.29, 0.717) is 5.92 Å². The molecule has 6 aliphatic carbocycles. The summed E-state index contributed by atoms with van der Waals surface area (Å²) in [5.74, 6) is 2.24. The van der Waals surface area contributed by atoms with E-state index in [0.717, 1.165) is 12.8 Å². The van der Waals surface area contributed by atoms with Gasteiger partial charge in [-0.1, -0.05) is 113 Å². The molecule has 2 saturated carbocycles. The average Bonchev–Trinajstić information content (AvgIpc) is 3.65. The fourth-order valence-corrected chi connectivity index (χ4v) is 9.76. The summed E-state index contributed by atoms with van der Waals surface area (Å²) in [5.41, 5.74) is 10.3. The van der Waals surface area contributed by atoms with Gasteiger partial charge >= 0.3 is 59.5 Å². The SMILES string of the molecule is C[C-]1C2=C3Cc4ccccc4C3=C3C=CCCC3C2(C)C(C)(C)C(C)(C)C1(C)C.[C-]1=CC=CC1.[Cl-].[Cl-].[Zr+2]=[C]1CCCCC1. The molecule has 0 aromatic heterocycles. The molecule has 1 aromatic rings. The van der Waals surface area contributed by atoms with Crippen molar-refractivity contribution in [3.63, 3.8) is 0 Å². The molecule has 0 saturated heterocycles. The van der Waals surface area contributed by atoms with Crippen molar-refractivity contribution in [3.05, 3.63) is 94.5 Å². The molecule has 3 heteroatoms. The third-order valence-electron chi connectivity index (χ3n) is 12.8. The molecule has 2 unspecified atom stereocenters. The molecular formula is C40H52Cl2Zr-2. The van der Waals surface area contributed by atoms with Crippen LogP contribution in [0.25, 0.3) is 5.57 Å². The third kappa shape index (κ3) is 5.92. The molecule has 0 N–H and O–H groups in total. The second-order valence-electron chi connectivity index (χ2n) is 14.9. The van der Waals surface area contributed by atoms with E-state index in [2.05, 4.69) is 104 Å². The number of fused-ring (bicyclic) bond motifs is 6. The van der Waals surface area contributed by atoms with Crippen molar-refractivity contribution in [1.82, 2.24) is 0 Å². The Bertz CT molecular complexity index is 1330. The molecule has 6 aliphatic rings. The summed E-state index contributed by atoms with van der Waals surface area (Å²) >= 11 is 1.69. The van der Waals surface area contributed by atoms with Crippen molar-refractivity contribution in [2.45, 2.75) is 113 Å². The first-order valence-corrected chi connectivity index (χ1v) is 17.5. The van der Waals surface area contributed by atoms with Gasteiger partial charge in [-0.15, -0.1) is 13.3 Å². The van der Waals surface area contributed by atoms with Crippen LogP contribution in [-0.2, 0) is 30.7 Å². The van der Waals surface area contributed by atoms with Crippen molar-refractivity contribution in [3.8, 4) is 0 Å². The predicted octanol–water partition coefficient (Wildman–Crippen LogP) is 4.95. The van der Waals surface area contributed by atoms with Gasteiger partial charge in [0, 0.05) is 0 Å². The van der Waals surface area contributed by atoms with Gasteiger partial charge in [-0.05, 0) is 40.6 Å². The van der Waals surface area contributed by atoms with Crippen LogP contribution in [-0.4, -0.2) is 3.21 Å². The quantitative estimate of drug-likeness (QED) is 0.338. The standard InChI is InChI=1S/C29H37.C6H10.C5H5.2ClH.Zr/c1-18-25-22-17-19-13-9-10-14-20(19)24(22)21-15-11-12-16-23(21)29(25,8)28(6,7)27(4,5)26(18,2)3;1-2-4-6-5-3-1;1-2-4-5-3-1;;;/h9-11,13-15,23H,12,16-17H2,1-8H3;1-5H2;1-3H,4H2;2*1H;/q-1;;-1;;;+2/p-2. The zero-order valence-electron chi connectivity index (χ0n) is 27.9. The average molecular weight is 695 g/mol. The monoisotopic (exact) mass is 692 g/mol. The van der Waals surface area contributed by atoms with Crippen LogP contribution in [0.15, 0.2) is 71.4 Å². The van der Waals surface area contributed by atoms with Crippen molar-refractivity contribution < 1.29 is 49.0 Å². The van der Waals surface area contributed by atoms with Gasteiger partial charge in [0.2, 0.25) is 0 Å². The summed E-state index contributed by atoms with van der Waals surface area (Å²) in [5, 5.41) is 0. The molecule has 0 aliphatic heterocycles. The molecule has 2 atom stereocenters. The Labute approximate surface area is 291 Å². The molecule has 0 spiro atoms. The summed E-state index contributed by atoms with van der Waals surface area (Å²) in [6, 6.07) is 9.16. The van der Waals surface area contributed by atoms with Crippen LogP contribution in [0.3, 0.4) is 0 Å². The zero-order chi connectivity index (χ0) is 29.6. The Morgan fingerprint density at radius 2 is 1.56 bits per heavy atom. The van der Waals surface area contributed by atoms with E-state index < -0.39 is 0 Å². The van der Waals surface area contributed by atoms with Crippen LogP contribution in [0.4, 0.5) is 0 Å². The Morgan fingerprint density at radius 1 is 0.884 bits per heavy atom. The molecule has 1 aromatic carbocycles. The summed E-state index contributed by atoms with van der Waals surface area (Å²) in [6.45, 7) is 20.3. The number of rotatable bonds is 0. The molecule has 0 bridgehead atoms. The predicted molar refractivity (Wildman–Crippen MR) is 174 cm³/mol. The topological polar surface area (TPSA) is 0 Å². The third-order valence-corrected chi connectivity index (χ3v) is 14.1. The molecule has 0 amide bonds. The van der Waals surface area contributed by atoms with Crippen LogP contribution in [0, 0.1) is 39.6 Å². The molecule has 0 heterocycles. The van der Waals surface area contributed by atoms with Crippen molar-refractivity contribution in [2.75, 3.05) is 0 Å². The van der Waals surface area contributed by atoms with Gasteiger partial charge in [-0.25, -0.2) is 18.1 Å².